The Balaban J connectivity index is 1.58. The summed E-state index contributed by atoms with van der Waals surface area (Å²) in [6.45, 7) is 5.83. The van der Waals surface area contributed by atoms with Gasteiger partial charge in [-0.3, -0.25) is 4.79 Å². The molecule has 0 aliphatic carbocycles. The first-order valence-corrected chi connectivity index (χ1v) is 7.99. The molecule has 1 atom stereocenters. The van der Waals surface area contributed by atoms with Crippen molar-refractivity contribution in [2.24, 2.45) is 5.92 Å². The monoisotopic (exact) mass is 314 g/mol. The lowest BCUT2D eigenvalue weighted by atomic mass is 9.97. The fourth-order valence-electron chi connectivity index (χ4n) is 2.86. The molecule has 1 saturated heterocycles. The Labute approximate surface area is 135 Å². The molecule has 122 valence electrons. The van der Waals surface area contributed by atoms with E-state index in [1.807, 2.05) is 32.0 Å². The fraction of sp³-hybridized carbons (Fsp3) is 0.471. The van der Waals surface area contributed by atoms with Gasteiger partial charge in [0.2, 0.25) is 11.9 Å². The lowest BCUT2D eigenvalue weighted by Gasteiger charge is -2.32. The van der Waals surface area contributed by atoms with Crippen molar-refractivity contribution in [3.63, 3.8) is 0 Å². The van der Waals surface area contributed by atoms with Crippen molar-refractivity contribution in [1.82, 2.24) is 15.3 Å². The number of nitrogens with one attached hydrogen (secondary N) is 1. The molecule has 3 heterocycles. The molecule has 6 nitrogen and oxygen atoms in total. The molecule has 2 aromatic heterocycles. The zero-order chi connectivity index (χ0) is 16.2. The molecule has 6 heteroatoms. The van der Waals surface area contributed by atoms with E-state index in [4.69, 9.17) is 4.42 Å². The van der Waals surface area contributed by atoms with E-state index in [-0.39, 0.29) is 11.8 Å². The van der Waals surface area contributed by atoms with E-state index in [0.29, 0.717) is 19.0 Å². The maximum absolute atomic E-state index is 12.4. The second kappa shape index (κ2) is 6.81. The van der Waals surface area contributed by atoms with Crippen molar-refractivity contribution >= 4 is 11.9 Å². The van der Waals surface area contributed by atoms with Crippen LogP contribution in [-0.4, -0.2) is 29.0 Å². The number of carbonyl (C=O) groups excluding carboxylic acids is 1. The molecule has 0 unspecified atom stereocenters. The number of anilines is 1. The van der Waals surface area contributed by atoms with E-state index >= 15 is 0 Å². The van der Waals surface area contributed by atoms with Crippen LogP contribution in [0.25, 0.3) is 0 Å². The number of hydrogen-bond donors (Lipinski definition) is 1. The van der Waals surface area contributed by atoms with Gasteiger partial charge in [-0.05, 0) is 44.9 Å². The predicted octanol–water partition coefficient (Wildman–Crippen LogP) is 2.22. The van der Waals surface area contributed by atoms with Gasteiger partial charge in [0.05, 0.1) is 12.5 Å². The second-order valence-corrected chi connectivity index (χ2v) is 6.01. The van der Waals surface area contributed by atoms with Crippen LogP contribution in [0.3, 0.4) is 0 Å². The van der Waals surface area contributed by atoms with E-state index in [2.05, 4.69) is 20.2 Å². The third kappa shape index (κ3) is 3.88. The van der Waals surface area contributed by atoms with Crippen LogP contribution in [0.5, 0.6) is 0 Å². The van der Waals surface area contributed by atoms with Crippen LogP contribution in [0.1, 0.15) is 30.1 Å². The Kier molecular flexibility index (Phi) is 4.60. The lowest BCUT2D eigenvalue weighted by molar-refractivity contribution is -0.125. The molecule has 1 fully saturated rings. The highest BCUT2D eigenvalue weighted by Crippen LogP contribution is 2.20. The number of rotatable bonds is 4. The van der Waals surface area contributed by atoms with Gasteiger partial charge in [0, 0.05) is 25.0 Å². The topological polar surface area (TPSA) is 71.3 Å². The summed E-state index contributed by atoms with van der Waals surface area (Å²) in [5.41, 5.74) is 0.940. The normalized spacial score (nSPS) is 18.0. The minimum Gasteiger partial charge on any atom is -0.465 e. The first-order valence-electron chi connectivity index (χ1n) is 7.99. The number of nitrogens with zero attached hydrogens (tertiary/aromatic N) is 3. The van der Waals surface area contributed by atoms with Gasteiger partial charge in [-0.15, -0.1) is 0 Å². The van der Waals surface area contributed by atoms with Crippen molar-refractivity contribution in [2.45, 2.75) is 33.2 Å². The minimum absolute atomic E-state index is 0.0380. The van der Waals surface area contributed by atoms with E-state index in [1.54, 1.807) is 6.20 Å². The van der Waals surface area contributed by atoms with Crippen LogP contribution in [0.15, 0.2) is 28.8 Å². The molecule has 23 heavy (non-hydrogen) atoms. The summed E-state index contributed by atoms with van der Waals surface area (Å²) in [5, 5.41) is 2.97. The number of amides is 1. The Bertz CT molecular complexity index is 683. The van der Waals surface area contributed by atoms with Crippen LogP contribution in [0.2, 0.25) is 0 Å². The predicted molar refractivity (Wildman–Crippen MR) is 87.0 cm³/mol. The summed E-state index contributed by atoms with van der Waals surface area (Å²) < 4.78 is 5.48. The van der Waals surface area contributed by atoms with E-state index in [0.717, 1.165) is 36.6 Å². The standard InChI is InChI=1S/C17H22N4O2/c1-12-7-8-18-17(20-12)21-9-3-4-14(11-21)16(22)19-10-15-6-5-13(2)23-15/h5-8,14H,3-4,9-11H2,1-2H3,(H,19,22)/t14-/m1/s1. The summed E-state index contributed by atoms with van der Waals surface area (Å²) >= 11 is 0. The third-order valence-electron chi connectivity index (χ3n) is 4.09. The molecule has 0 radical (unpaired) electrons. The number of furan rings is 1. The Morgan fingerprint density at radius 2 is 2.26 bits per heavy atom. The van der Waals surface area contributed by atoms with Gasteiger partial charge in [0.15, 0.2) is 0 Å². The van der Waals surface area contributed by atoms with Crippen LogP contribution in [0.4, 0.5) is 5.95 Å². The molecule has 1 aliphatic rings. The van der Waals surface area contributed by atoms with Crippen molar-refractivity contribution < 1.29 is 9.21 Å². The largest absolute Gasteiger partial charge is 0.465 e. The van der Waals surface area contributed by atoms with Crippen LogP contribution in [-0.2, 0) is 11.3 Å². The molecule has 3 rings (SSSR count). The summed E-state index contributed by atoms with van der Waals surface area (Å²) in [5.74, 6) is 2.38. The number of aryl methyl sites for hydroxylation is 2. The maximum atomic E-state index is 12.4. The Morgan fingerprint density at radius 1 is 1.39 bits per heavy atom. The SMILES string of the molecule is Cc1ccnc(N2CCC[C@@H](C(=O)NCc3ccc(C)o3)C2)n1. The maximum Gasteiger partial charge on any atom is 0.225 e. The zero-order valence-electron chi connectivity index (χ0n) is 13.6. The average Bonchev–Trinajstić information content (AvgIpc) is 2.98. The molecule has 0 spiro atoms. The van der Waals surface area contributed by atoms with E-state index in [1.165, 1.54) is 0 Å². The first-order chi connectivity index (χ1) is 11.1. The molecular formula is C17H22N4O2. The molecule has 1 aliphatic heterocycles. The van der Waals surface area contributed by atoms with Gasteiger partial charge < -0.3 is 14.6 Å². The summed E-state index contributed by atoms with van der Waals surface area (Å²) in [4.78, 5) is 23.3. The molecule has 1 amide bonds. The average molecular weight is 314 g/mol. The Hall–Kier alpha value is -2.37. The van der Waals surface area contributed by atoms with Gasteiger partial charge >= 0.3 is 0 Å². The number of carbonyl (C=O) groups is 1. The van der Waals surface area contributed by atoms with Gasteiger partial charge in [0.1, 0.15) is 11.5 Å². The Morgan fingerprint density at radius 3 is 3.00 bits per heavy atom. The second-order valence-electron chi connectivity index (χ2n) is 6.01. The molecule has 0 aromatic carbocycles. The van der Waals surface area contributed by atoms with Crippen LogP contribution >= 0.6 is 0 Å². The number of hydrogen-bond acceptors (Lipinski definition) is 5. The highest BCUT2D eigenvalue weighted by Gasteiger charge is 2.27. The van der Waals surface area contributed by atoms with E-state index < -0.39 is 0 Å². The molecule has 0 bridgehead atoms. The number of aromatic nitrogens is 2. The fourth-order valence-corrected chi connectivity index (χ4v) is 2.86. The van der Waals surface area contributed by atoms with Gasteiger partial charge in [0.25, 0.3) is 0 Å². The highest BCUT2D eigenvalue weighted by atomic mass is 16.3. The number of piperidine rings is 1. The quantitative estimate of drug-likeness (QED) is 0.937. The molecule has 1 N–H and O–H groups in total. The molecule has 2 aromatic rings. The zero-order valence-corrected chi connectivity index (χ0v) is 13.6. The molecular weight excluding hydrogens is 292 g/mol. The summed E-state index contributed by atoms with van der Waals surface area (Å²) in [6, 6.07) is 5.67. The highest BCUT2D eigenvalue weighted by molar-refractivity contribution is 5.79. The lowest BCUT2D eigenvalue weighted by Crippen LogP contribution is -2.43. The van der Waals surface area contributed by atoms with Gasteiger partial charge in [-0.1, -0.05) is 0 Å². The van der Waals surface area contributed by atoms with Crippen molar-refractivity contribution in [1.29, 1.82) is 0 Å². The van der Waals surface area contributed by atoms with E-state index in [9.17, 15) is 4.79 Å². The van der Waals surface area contributed by atoms with Crippen molar-refractivity contribution in [2.75, 3.05) is 18.0 Å². The molecule has 0 saturated carbocycles. The minimum atomic E-state index is -0.0380. The summed E-state index contributed by atoms with van der Waals surface area (Å²) in [6.07, 6.45) is 3.63. The van der Waals surface area contributed by atoms with Gasteiger partial charge in [-0.25, -0.2) is 9.97 Å². The van der Waals surface area contributed by atoms with Crippen molar-refractivity contribution in [3.05, 3.63) is 41.6 Å². The van der Waals surface area contributed by atoms with Crippen LogP contribution in [0, 0.1) is 19.8 Å². The van der Waals surface area contributed by atoms with Crippen LogP contribution < -0.4 is 10.2 Å². The summed E-state index contributed by atoms with van der Waals surface area (Å²) in [7, 11) is 0. The third-order valence-corrected chi connectivity index (χ3v) is 4.09. The van der Waals surface area contributed by atoms with Crippen molar-refractivity contribution in [3.8, 4) is 0 Å². The smallest absolute Gasteiger partial charge is 0.225 e. The van der Waals surface area contributed by atoms with Gasteiger partial charge in [-0.2, -0.15) is 0 Å². The first kappa shape index (κ1) is 15.5.